The van der Waals surface area contributed by atoms with Crippen LogP contribution in [0.3, 0.4) is 0 Å². The summed E-state index contributed by atoms with van der Waals surface area (Å²) in [6.45, 7) is 1.43. The van der Waals surface area contributed by atoms with Gasteiger partial charge in [0, 0.05) is 13.1 Å². The number of aromatic carboxylic acids is 1. The minimum absolute atomic E-state index is 0.0516. The van der Waals surface area contributed by atoms with E-state index < -0.39 is 5.97 Å². The van der Waals surface area contributed by atoms with E-state index in [2.05, 4.69) is 14.9 Å². The van der Waals surface area contributed by atoms with E-state index in [0.717, 1.165) is 18.4 Å². The normalized spacial score (nSPS) is 16.0. The topological polar surface area (TPSA) is 95.5 Å². The van der Waals surface area contributed by atoms with Crippen molar-refractivity contribution in [1.29, 1.82) is 0 Å². The lowest BCUT2D eigenvalue weighted by molar-refractivity contribution is -0.146. The number of carboxylic acids is 1. The van der Waals surface area contributed by atoms with Gasteiger partial charge in [-0.1, -0.05) is 0 Å². The fraction of sp³-hybridized carbons (Fsp3) is 0.400. The zero-order chi connectivity index (χ0) is 15.7. The van der Waals surface area contributed by atoms with Gasteiger partial charge in [-0.3, -0.25) is 4.79 Å². The molecule has 1 aliphatic rings. The third-order valence-electron chi connectivity index (χ3n) is 4.05. The van der Waals surface area contributed by atoms with Crippen LogP contribution in [-0.4, -0.2) is 47.2 Å². The maximum absolute atomic E-state index is 11.5. The Hall–Kier alpha value is -2.57. The lowest BCUT2D eigenvalue weighted by Gasteiger charge is -2.30. The molecule has 0 unspecified atom stereocenters. The van der Waals surface area contributed by atoms with E-state index in [1.807, 2.05) is 0 Å². The third-order valence-corrected chi connectivity index (χ3v) is 4.05. The SMILES string of the molecule is COC(=O)C1CCN(c2nc3ccc(C(=O)O)cc3[nH]2)CC1. The number of esters is 1. The molecule has 1 aromatic carbocycles. The zero-order valence-electron chi connectivity index (χ0n) is 12.2. The molecule has 7 nitrogen and oxygen atoms in total. The number of piperidine rings is 1. The lowest BCUT2D eigenvalue weighted by Crippen LogP contribution is -2.37. The Morgan fingerprint density at radius 1 is 1.36 bits per heavy atom. The second-order valence-corrected chi connectivity index (χ2v) is 5.38. The number of H-pyrrole nitrogens is 1. The number of hydrogen-bond acceptors (Lipinski definition) is 5. The fourth-order valence-corrected chi connectivity index (χ4v) is 2.77. The number of rotatable bonds is 3. The number of nitrogens with one attached hydrogen (secondary N) is 1. The Kier molecular flexibility index (Phi) is 3.70. The quantitative estimate of drug-likeness (QED) is 0.837. The molecule has 116 valence electrons. The highest BCUT2D eigenvalue weighted by atomic mass is 16.5. The number of ether oxygens (including phenoxy) is 1. The van der Waals surface area contributed by atoms with E-state index in [1.165, 1.54) is 7.11 Å². The van der Waals surface area contributed by atoms with Crippen LogP contribution in [0.1, 0.15) is 23.2 Å². The molecular weight excluding hydrogens is 286 g/mol. The largest absolute Gasteiger partial charge is 0.478 e. The molecule has 0 amide bonds. The Bertz CT molecular complexity index is 717. The first kappa shape index (κ1) is 14.4. The van der Waals surface area contributed by atoms with Gasteiger partial charge in [0.05, 0.1) is 29.6 Å². The Morgan fingerprint density at radius 3 is 2.73 bits per heavy atom. The maximum atomic E-state index is 11.5. The van der Waals surface area contributed by atoms with Gasteiger partial charge in [-0.15, -0.1) is 0 Å². The second-order valence-electron chi connectivity index (χ2n) is 5.38. The van der Waals surface area contributed by atoms with Crippen molar-refractivity contribution in [2.24, 2.45) is 5.92 Å². The molecule has 22 heavy (non-hydrogen) atoms. The predicted molar refractivity (Wildman–Crippen MR) is 80.0 cm³/mol. The molecular formula is C15H17N3O4. The summed E-state index contributed by atoms with van der Waals surface area (Å²) in [5.74, 6) is -0.461. The van der Waals surface area contributed by atoms with Crippen LogP contribution in [0.15, 0.2) is 18.2 Å². The molecule has 7 heteroatoms. The number of benzene rings is 1. The molecule has 0 aliphatic carbocycles. The molecule has 2 heterocycles. The summed E-state index contributed by atoms with van der Waals surface area (Å²) in [6, 6.07) is 4.81. The number of anilines is 1. The summed E-state index contributed by atoms with van der Waals surface area (Å²) in [7, 11) is 1.41. The van der Waals surface area contributed by atoms with Crippen LogP contribution in [0.25, 0.3) is 11.0 Å². The monoisotopic (exact) mass is 303 g/mol. The minimum Gasteiger partial charge on any atom is -0.478 e. The van der Waals surface area contributed by atoms with Crippen LogP contribution in [0, 0.1) is 5.92 Å². The lowest BCUT2D eigenvalue weighted by atomic mass is 9.97. The Balaban J connectivity index is 1.77. The van der Waals surface area contributed by atoms with Gasteiger partial charge in [-0.25, -0.2) is 9.78 Å². The fourth-order valence-electron chi connectivity index (χ4n) is 2.77. The van der Waals surface area contributed by atoms with E-state index in [-0.39, 0.29) is 17.5 Å². The van der Waals surface area contributed by atoms with Crippen molar-refractivity contribution in [2.75, 3.05) is 25.1 Å². The van der Waals surface area contributed by atoms with Gasteiger partial charge in [0.15, 0.2) is 0 Å². The number of fused-ring (bicyclic) bond motifs is 1. The molecule has 0 radical (unpaired) electrons. The van der Waals surface area contributed by atoms with Crippen LogP contribution in [0.4, 0.5) is 5.95 Å². The molecule has 0 atom stereocenters. The van der Waals surface area contributed by atoms with Gasteiger partial charge in [0.25, 0.3) is 0 Å². The van der Waals surface area contributed by atoms with E-state index >= 15 is 0 Å². The van der Waals surface area contributed by atoms with Gasteiger partial charge in [0.1, 0.15) is 0 Å². The number of aromatic amines is 1. The van der Waals surface area contributed by atoms with Crippen molar-refractivity contribution in [2.45, 2.75) is 12.8 Å². The van der Waals surface area contributed by atoms with Crippen molar-refractivity contribution in [3.05, 3.63) is 23.8 Å². The molecule has 1 aromatic heterocycles. The van der Waals surface area contributed by atoms with Crippen LogP contribution in [0.2, 0.25) is 0 Å². The summed E-state index contributed by atoms with van der Waals surface area (Å²) >= 11 is 0. The number of nitrogens with zero attached hydrogens (tertiary/aromatic N) is 2. The van der Waals surface area contributed by atoms with E-state index in [1.54, 1.807) is 18.2 Å². The standard InChI is InChI=1S/C15H17N3O4/c1-22-14(21)9-4-6-18(7-5-9)15-16-11-3-2-10(13(19)20)8-12(11)17-15/h2-3,8-9H,4-7H2,1H3,(H,16,17)(H,19,20). The summed E-state index contributed by atoms with van der Waals surface area (Å²) in [6.07, 6.45) is 1.45. The highest BCUT2D eigenvalue weighted by Crippen LogP contribution is 2.24. The molecule has 0 bridgehead atoms. The molecule has 2 aromatic rings. The van der Waals surface area contributed by atoms with Crippen LogP contribution >= 0.6 is 0 Å². The number of carbonyl (C=O) groups is 2. The highest BCUT2D eigenvalue weighted by molar-refractivity contribution is 5.92. The van der Waals surface area contributed by atoms with Crippen molar-refractivity contribution in [1.82, 2.24) is 9.97 Å². The number of methoxy groups -OCH3 is 1. The molecule has 3 rings (SSSR count). The third kappa shape index (κ3) is 2.61. The van der Waals surface area contributed by atoms with E-state index in [0.29, 0.717) is 24.6 Å². The summed E-state index contributed by atoms with van der Waals surface area (Å²) < 4.78 is 4.78. The summed E-state index contributed by atoms with van der Waals surface area (Å²) in [5.41, 5.74) is 1.66. The molecule has 2 N–H and O–H groups in total. The molecule has 1 fully saturated rings. The van der Waals surface area contributed by atoms with Crippen LogP contribution in [-0.2, 0) is 9.53 Å². The Morgan fingerprint density at radius 2 is 2.09 bits per heavy atom. The number of carboxylic acid groups (broad SMARTS) is 1. The smallest absolute Gasteiger partial charge is 0.335 e. The first-order valence-electron chi connectivity index (χ1n) is 7.14. The second kappa shape index (κ2) is 5.67. The van der Waals surface area contributed by atoms with Crippen molar-refractivity contribution in [3.8, 4) is 0 Å². The predicted octanol–water partition coefficient (Wildman–Crippen LogP) is 1.65. The van der Waals surface area contributed by atoms with Gasteiger partial charge < -0.3 is 19.7 Å². The van der Waals surface area contributed by atoms with Gasteiger partial charge >= 0.3 is 11.9 Å². The van der Waals surface area contributed by atoms with Crippen molar-refractivity contribution < 1.29 is 19.4 Å². The van der Waals surface area contributed by atoms with Gasteiger partial charge in [0.2, 0.25) is 5.95 Å². The summed E-state index contributed by atoms with van der Waals surface area (Å²) in [4.78, 5) is 32.2. The maximum Gasteiger partial charge on any atom is 0.335 e. The molecule has 1 saturated heterocycles. The van der Waals surface area contributed by atoms with E-state index in [9.17, 15) is 9.59 Å². The molecule has 0 saturated carbocycles. The summed E-state index contributed by atoms with van der Waals surface area (Å²) in [5, 5.41) is 9.02. The number of aromatic nitrogens is 2. The zero-order valence-corrected chi connectivity index (χ0v) is 12.2. The highest BCUT2D eigenvalue weighted by Gasteiger charge is 2.26. The average molecular weight is 303 g/mol. The van der Waals surface area contributed by atoms with Crippen molar-refractivity contribution in [3.63, 3.8) is 0 Å². The van der Waals surface area contributed by atoms with Crippen molar-refractivity contribution >= 4 is 28.9 Å². The van der Waals surface area contributed by atoms with Gasteiger partial charge in [-0.2, -0.15) is 0 Å². The first-order valence-corrected chi connectivity index (χ1v) is 7.14. The van der Waals surface area contributed by atoms with Gasteiger partial charge in [-0.05, 0) is 31.0 Å². The van der Waals surface area contributed by atoms with Crippen LogP contribution < -0.4 is 4.90 Å². The van der Waals surface area contributed by atoms with Crippen LogP contribution in [0.5, 0.6) is 0 Å². The average Bonchev–Trinajstić information content (AvgIpc) is 2.97. The molecule has 1 aliphatic heterocycles. The molecule has 0 spiro atoms. The Labute approximate surface area is 126 Å². The number of carbonyl (C=O) groups excluding carboxylic acids is 1. The minimum atomic E-state index is -0.961. The first-order chi connectivity index (χ1) is 10.6. The number of imidazole rings is 1. The van der Waals surface area contributed by atoms with E-state index in [4.69, 9.17) is 9.84 Å². The number of hydrogen-bond donors (Lipinski definition) is 2.